The molecule has 1 aromatic rings. The first-order chi connectivity index (χ1) is 11.1. The molecule has 1 amide bonds. The highest BCUT2D eigenvalue weighted by molar-refractivity contribution is 5.95. The van der Waals surface area contributed by atoms with Gasteiger partial charge in [0.05, 0.1) is 11.7 Å². The molecule has 0 saturated heterocycles. The molecule has 7 heteroatoms. The Bertz CT molecular complexity index is 572. The molecule has 1 unspecified atom stereocenters. The molecule has 126 valence electrons. The standard InChI is InChI=1S/C16H22N2O5/c1-17-16(22)11-2-3-15-14(5-11)18-12(9-23-15)6-13(21)4-10(7-19)8-20/h2-3,5,10,12,18-20H,4,6-9H2,1H3,(H,17,22). The summed E-state index contributed by atoms with van der Waals surface area (Å²) < 4.78 is 5.62. The van der Waals surface area contributed by atoms with E-state index >= 15 is 0 Å². The molecule has 0 aliphatic carbocycles. The van der Waals surface area contributed by atoms with E-state index in [-0.39, 0.29) is 43.8 Å². The molecule has 0 aromatic heterocycles. The van der Waals surface area contributed by atoms with Gasteiger partial charge in [-0.3, -0.25) is 9.59 Å². The van der Waals surface area contributed by atoms with Crippen molar-refractivity contribution in [2.24, 2.45) is 5.92 Å². The Kier molecular flexibility index (Phi) is 5.95. The van der Waals surface area contributed by atoms with Crippen LogP contribution >= 0.6 is 0 Å². The van der Waals surface area contributed by atoms with Crippen LogP contribution in [-0.2, 0) is 4.79 Å². The molecule has 0 spiro atoms. The summed E-state index contributed by atoms with van der Waals surface area (Å²) in [5, 5.41) is 23.8. The number of fused-ring (bicyclic) bond motifs is 1. The Morgan fingerprint density at radius 3 is 2.78 bits per heavy atom. The van der Waals surface area contributed by atoms with Crippen molar-refractivity contribution in [1.29, 1.82) is 0 Å². The van der Waals surface area contributed by atoms with E-state index in [1.807, 2.05) is 0 Å². The normalized spacial score (nSPS) is 16.3. The second-order valence-electron chi connectivity index (χ2n) is 5.62. The Hall–Kier alpha value is -2.12. The molecular formula is C16H22N2O5. The van der Waals surface area contributed by atoms with Gasteiger partial charge in [-0.05, 0) is 18.2 Å². The van der Waals surface area contributed by atoms with E-state index in [2.05, 4.69) is 10.6 Å². The Morgan fingerprint density at radius 2 is 2.13 bits per heavy atom. The minimum absolute atomic E-state index is 0.0508. The number of rotatable bonds is 7. The molecule has 1 aliphatic rings. The summed E-state index contributed by atoms with van der Waals surface area (Å²) in [5.41, 5.74) is 1.19. The zero-order valence-electron chi connectivity index (χ0n) is 13.0. The lowest BCUT2D eigenvalue weighted by Gasteiger charge is -2.27. The van der Waals surface area contributed by atoms with Crippen molar-refractivity contribution in [2.45, 2.75) is 18.9 Å². The third kappa shape index (κ3) is 4.43. The van der Waals surface area contributed by atoms with Gasteiger partial charge in [0.25, 0.3) is 5.91 Å². The van der Waals surface area contributed by atoms with Gasteiger partial charge in [0, 0.05) is 44.6 Å². The van der Waals surface area contributed by atoms with Crippen LogP contribution in [0.1, 0.15) is 23.2 Å². The van der Waals surface area contributed by atoms with Crippen LogP contribution in [0.25, 0.3) is 0 Å². The van der Waals surface area contributed by atoms with Crippen LogP contribution in [0.3, 0.4) is 0 Å². The van der Waals surface area contributed by atoms with Gasteiger partial charge in [0.2, 0.25) is 0 Å². The largest absolute Gasteiger partial charge is 0.489 e. The zero-order chi connectivity index (χ0) is 16.8. The highest BCUT2D eigenvalue weighted by atomic mass is 16.5. The van der Waals surface area contributed by atoms with Gasteiger partial charge in [0.15, 0.2) is 0 Å². The number of ketones is 1. The maximum Gasteiger partial charge on any atom is 0.251 e. The fourth-order valence-corrected chi connectivity index (χ4v) is 2.48. The van der Waals surface area contributed by atoms with Crippen molar-refractivity contribution in [1.82, 2.24) is 5.32 Å². The maximum atomic E-state index is 12.0. The molecule has 2 rings (SSSR count). The van der Waals surface area contributed by atoms with E-state index in [4.69, 9.17) is 14.9 Å². The summed E-state index contributed by atoms with van der Waals surface area (Å²) in [6.07, 6.45) is 0.371. The molecule has 1 aliphatic heterocycles. The summed E-state index contributed by atoms with van der Waals surface area (Å²) in [7, 11) is 1.56. The van der Waals surface area contributed by atoms with E-state index in [9.17, 15) is 9.59 Å². The lowest BCUT2D eigenvalue weighted by atomic mass is 9.99. The number of amides is 1. The predicted octanol–water partition coefficient (Wildman–Crippen LogP) is 0.169. The number of aliphatic hydroxyl groups excluding tert-OH is 2. The number of hydrogen-bond donors (Lipinski definition) is 4. The fraction of sp³-hybridized carbons (Fsp3) is 0.500. The lowest BCUT2D eigenvalue weighted by molar-refractivity contribution is -0.121. The number of nitrogens with one attached hydrogen (secondary N) is 2. The summed E-state index contributed by atoms with van der Waals surface area (Å²) in [6.45, 7) is -0.0781. The zero-order valence-corrected chi connectivity index (χ0v) is 13.0. The fourth-order valence-electron chi connectivity index (χ4n) is 2.48. The SMILES string of the molecule is CNC(=O)c1ccc2c(c1)NC(CC(=O)CC(CO)CO)CO2. The number of ether oxygens (including phenoxy) is 1. The number of benzene rings is 1. The van der Waals surface area contributed by atoms with Crippen molar-refractivity contribution in [2.75, 3.05) is 32.2 Å². The number of hydrogen-bond acceptors (Lipinski definition) is 6. The molecule has 23 heavy (non-hydrogen) atoms. The predicted molar refractivity (Wildman–Crippen MR) is 84.6 cm³/mol. The van der Waals surface area contributed by atoms with Gasteiger partial charge in [-0.1, -0.05) is 0 Å². The molecule has 0 fully saturated rings. The van der Waals surface area contributed by atoms with Crippen LogP contribution in [0.2, 0.25) is 0 Å². The maximum absolute atomic E-state index is 12.0. The topological polar surface area (TPSA) is 108 Å². The average molecular weight is 322 g/mol. The highest BCUT2D eigenvalue weighted by Gasteiger charge is 2.23. The molecule has 0 bridgehead atoms. The number of aliphatic hydroxyl groups is 2. The van der Waals surface area contributed by atoms with Gasteiger partial charge in [-0.15, -0.1) is 0 Å². The van der Waals surface area contributed by atoms with E-state index in [0.717, 1.165) is 0 Å². The third-order valence-electron chi connectivity index (χ3n) is 3.78. The van der Waals surface area contributed by atoms with Crippen molar-refractivity contribution in [3.8, 4) is 5.75 Å². The van der Waals surface area contributed by atoms with Crippen molar-refractivity contribution >= 4 is 17.4 Å². The van der Waals surface area contributed by atoms with Gasteiger partial charge >= 0.3 is 0 Å². The third-order valence-corrected chi connectivity index (χ3v) is 3.78. The van der Waals surface area contributed by atoms with E-state index in [0.29, 0.717) is 23.6 Å². The second kappa shape index (κ2) is 7.94. The average Bonchev–Trinajstić information content (AvgIpc) is 2.58. The Labute approximate surface area is 134 Å². The van der Waals surface area contributed by atoms with Crippen LogP contribution in [0, 0.1) is 5.92 Å². The number of Topliss-reactive ketones (excluding diaryl/α,β-unsaturated/α-hetero) is 1. The summed E-state index contributed by atoms with van der Waals surface area (Å²) in [6, 6.07) is 4.89. The number of carbonyl (C=O) groups excluding carboxylic acids is 2. The molecule has 0 radical (unpaired) electrons. The smallest absolute Gasteiger partial charge is 0.251 e. The van der Waals surface area contributed by atoms with E-state index in [1.54, 1.807) is 25.2 Å². The first-order valence-electron chi connectivity index (χ1n) is 7.56. The van der Waals surface area contributed by atoms with Gasteiger partial charge in [0.1, 0.15) is 18.1 Å². The first-order valence-corrected chi connectivity index (χ1v) is 7.56. The van der Waals surface area contributed by atoms with Crippen molar-refractivity contribution < 1.29 is 24.5 Å². The number of carbonyl (C=O) groups is 2. The van der Waals surface area contributed by atoms with Crippen LogP contribution < -0.4 is 15.4 Å². The monoisotopic (exact) mass is 322 g/mol. The van der Waals surface area contributed by atoms with Gasteiger partial charge in [-0.25, -0.2) is 0 Å². The molecule has 4 N–H and O–H groups in total. The lowest BCUT2D eigenvalue weighted by Crippen LogP contribution is -2.34. The van der Waals surface area contributed by atoms with E-state index < -0.39 is 5.92 Å². The van der Waals surface area contributed by atoms with Gasteiger partial charge in [-0.2, -0.15) is 0 Å². The summed E-state index contributed by atoms with van der Waals surface area (Å²) in [4.78, 5) is 23.7. The molecule has 0 saturated carbocycles. The second-order valence-corrected chi connectivity index (χ2v) is 5.62. The quantitative estimate of drug-likeness (QED) is 0.570. The summed E-state index contributed by atoms with van der Waals surface area (Å²) in [5.74, 6) is -0.0178. The van der Waals surface area contributed by atoms with Crippen LogP contribution in [0.5, 0.6) is 5.75 Å². The van der Waals surface area contributed by atoms with E-state index in [1.165, 1.54) is 0 Å². The van der Waals surface area contributed by atoms with Crippen molar-refractivity contribution in [3.05, 3.63) is 23.8 Å². The first kappa shape index (κ1) is 17.2. The minimum Gasteiger partial charge on any atom is -0.489 e. The Balaban J connectivity index is 1.99. The molecule has 7 nitrogen and oxygen atoms in total. The molecule has 1 heterocycles. The van der Waals surface area contributed by atoms with Crippen LogP contribution in [0.4, 0.5) is 5.69 Å². The molecular weight excluding hydrogens is 300 g/mol. The Morgan fingerprint density at radius 1 is 1.39 bits per heavy atom. The summed E-state index contributed by atoms with van der Waals surface area (Å²) >= 11 is 0. The molecule has 1 atom stereocenters. The minimum atomic E-state index is -0.417. The molecule has 1 aromatic carbocycles. The number of anilines is 1. The van der Waals surface area contributed by atoms with Crippen molar-refractivity contribution in [3.63, 3.8) is 0 Å². The van der Waals surface area contributed by atoms with Crippen LogP contribution in [0.15, 0.2) is 18.2 Å². The highest BCUT2D eigenvalue weighted by Crippen LogP contribution is 2.30. The van der Waals surface area contributed by atoms with Gasteiger partial charge < -0.3 is 25.6 Å². The van der Waals surface area contributed by atoms with Crippen LogP contribution in [-0.4, -0.2) is 54.8 Å².